The van der Waals surface area contributed by atoms with E-state index in [1.807, 2.05) is 13.0 Å². The van der Waals surface area contributed by atoms with E-state index < -0.39 is 5.97 Å². The molecule has 0 aliphatic carbocycles. The predicted octanol–water partition coefficient (Wildman–Crippen LogP) is 3.21. The number of rotatable bonds is 2. The lowest BCUT2D eigenvalue weighted by Crippen LogP contribution is -1.99. The first kappa shape index (κ1) is 10.4. The van der Waals surface area contributed by atoms with Crippen molar-refractivity contribution in [2.75, 3.05) is 0 Å². The standard InChI is InChI=1S/C9H8Cl2O2/c1-2-6-3-4-7(8(10)5-6)9(12)13-11/h3-5H,2H2,1H3. The van der Waals surface area contributed by atoms with E-state index in [4.69, 9.17) is 23.5 Å². The van der Waals surface area contributed by atoms with Crippen LogP contribution in [0, 0.1) is 0 Å². The molecule has 0 amide bonds. The lowest BCUT2D eigenvalue weighted by molar-refractivity contribution is 0.0751. The van der Waals surface area contributed by atoms with E-state index in [0.717, 1.165) is 12.0 Å². The third-order valence-corrected chi connectivity index (χ3v) is 2.18. The van der Waals surface area contributed by atoms with E-state index in [2.05, 4.69) is 4.29 Å². The third kappa shape index (κ3) is 2.36. The van der Waals surface area contributed by atoms with Gasteiger partial charge in [-0.15, -0.1) is 0 Å². The van der Waals surface area contributed by atoms with Crippen LogP contribution in [0.4, 0.5) is 0 Å². The molecule has 0 aromatic heterocycles. The largest absolute Gasteiger partial charge is 0.357 e. The second kappa shape index (κ2) is 4.49. The summed E-state index contributed by atoms with van der Waals surface area (Å²) in [6, 6.07) is 5.14. The highest BCUT2D eigenvalue weighted by atomic mass is 35.5. The summed E-state index contributed by atoms with van der Waals surface area (Å²) in [6.45, 7) is 2.01. The van der Waals surface area contributed by atoms with Crippen LogP contribution >= 0.6 is 23.5 Å². The summed E-state index contributed by atoms with van der Waals surface area (Å²) in [5.74, 6) is -0.630. The van der Waals surface area contributed by atoms with Crippen LogP contribution in [0.1, 0.15) is 22.8 Å². The molecule has 1 rings (SSSR count). The smallest absolute Gasteiger partial charge is 0.343 e. The zero-order valence-electron chi connectivity index (χ0n) is 7.01. The first-order valence-corrected chi connectivity index (χ1v) is 4.49. The maximum atomic E-state index is 11.0. The predicted molar refractivity (Wildman–Crippen MR) is 52.1 cm³/mol. The molecule has 0 fully saturated rings. The van der Waals surface area contributed by atoms with Gasteiger partial charge < -0.3 is 4.29 Å². The van der Waals surface area contributed by atoms with Crippen LogP contribution in [0.5, 0.6) is 0 Å². The van der Waals surface area contributed by atoms with Crippen LogP contribution in [0.3, 0.4) is 0 Å². The third-order valence-electron chi connectivity index (χ3n) is 1.73. The van der Waals surface area contributed by atoms with Crippen LogP contribution in [-0.4, -0.2) is 5.97 Å². The average molecular weight is 219 g/mol. The van der Waals surface area contributed by atoms with Crippen LogP contribution < -0.4 is 0 Å². The Morgan fingerprint density at radius 3 is 2.69 bits per heavy atom. The SMILES string of the molecule is CCc1ccc(C(=O)OCl)c(Cl)c1. The van der Waals surface area contributed by atoms with Crippen LogP contribution in [0.25, 0.3) is 0 Å². The Morgan fingerprint density at radius 2 is 2.23 bits per heavy atom. The molecule has 13 heavy (non-hydrogen) atoms. The molecule has 0 aliphatic rings. The minimum Gasteiger partial charge on any atom is -0.343 e. The van der Waals surface area contributed by atoms with E-state index in [1.54, 1.807) is 12.1 Å². The molecule has 0 unspecified atom stereocenters. The Kier molecular flexibility index (Phi) is 3.58. The zero-order chi connectivity index (χ0) is 9.84. The fourth-order valence-corrected chi connectivity index (χ4v) is 1.35. The van der Waals surface area contributed by atoms with E-state index >= 15 is 0 Å². The van der Waals surface area contributed by atoms with Crippen molar-refractivity contribution in [2.24, 2.45) is 0 Å². The van der Waals surface area contributed by atoms with Crippen LogP contribution in [0.15, 0.2) is 18.2 Å². The summed E-state index contributed by atoms with van der Waals surface area (Å²) < 4.78 is 4.04. The molecule has 1 aromatic rings. The second-order valence-corrected chi connectivity index (χ2v) is 3.09. The van der Waals surface area contributed by atoms with Crippen molar-refractivity contribution < 1.29 is 9.08 Å². The molecular formula is C9H8Cl2O2. The fraction of sp³-hybridized carbons (Fsp3) is 0.222. The van der Waals surface area contributed by atoms with E-state index in [9.17, 15) is 4.79 Å². The van der Waals surface area contributed by atoms with Gasteiger partial charge in [0, 0.05) is 0 Å². The van der Waals surface area contributed by atoms with Crippen LogP contribution in [0.2, 0.25) is 5.02 Å². The molecule has 0 atom stereocenters. The van der Waals surface area contributed by atoms with Crippen molar-refractivity contribution in [3.05, 3.63) is 34.3 Å². The number of aryl methyl sites for hydroxylation is 1. The average Bonchev–Trinajstić information content (AvgIpc) is 2.16. The summed E-state index contributed by atoms with van der Waals surface area (Å²) in [5, 5.41) is 0.366. The molecule has 0 saturated heterocycles. The molecule has 0 radical (unpaired) electrons. The number of halogens is 2. The molecule has 0 aliphatic heterocycles. The zero-order valence-corrected chi connectivity index (χ0v) is 8.52. The number of carbonyl (C=O) groups excluding carboxylic acids is 1. The van der Waals surface area contributed by atoms with Gasteiger partial charge in [-0.1, -0.05) is 24.6 Å². The monoisotopic (exact) mass is 218 g/mol. The molecule has 70 valence electrons. The van der Waals surface area contributed by atoms with Gasteiger partial charge in [0.25, 0.3) is 0 Å². The van der Waals surface area contributed by atoms with Gasteiger partial charge in [0.15, 0.2) is 0 Å². The molecule has 0 spiro atoms. The molecule has 2 nitrogen and oxygen atoms in total. The Labute approximate surface area is 86.6 Å². The number of benzene rings is 1. The van der Waals surface area contributed by atoms with E-state index in [1.165, 1.54) is 0 Å². The fourth-order valence-electron chi connectivity index (χ4n) is 0.986. The molecule has 0 N–H and O–H groups in total. The van der Waals surface area contributed by atoms with E-state index in [0.29, 0.717) is 5.02 Å². The molecule has 0 bridgehead atoms. The van der Waals surface area contributed by atoms with Crippen molar-refractivity contribution in [1.29, 1.82) is 0 Å². The minimum atomic E-state index is -0.630. The van der Waals surface area contributed by atoms with Gasteiger partial charge >= 0.3 is 5.97 Å². The number of hydrogen-bond donors (Lipinski definition) is 0. The first-order chi connectivity index (χ1) is 6.19. The Bertz CT molecular complexity index is 323. The van der Waals surface area contributed by atoms with Gasteiger partial charge in [-0.25, -0.2) is 4.79 Å². The summed E-state index contributed by atoms with van der Waals surface area (Å²) in [7, 11) is 0. The summed E-state index contributed by atoms with van der Waals surface area (Å²) in [5.41, 5.74) is 1.35. The summed E-state index contributed by atoms with van der Waals surface area (Å²) >= 11 is 10.7. The highest BCUT2D eigenvalue weighted by Gasteiger charge is 2.11. The van der Waals surface area contributed by atoms with Gasteiger partial charge in [-0.3, -0.25) is 0 Å². The van der Waals surface area contributed by atoms with Crippen molar-refractivity contribution in [3.63, 3.8) is 0 Å². The lowest BCUT2D eigenvalue weighted by Gasteiger charge is -2.02. The molecule has 4 heteroatoms. The summed E-state index contributed by atoms with van der Waals surface area (Å²) in [6.07, 6.45) is 0.871. The molecule has 0 heterocycles. The van der Waals surface area contributed by atoms with E-state index in [-0.39, 0.29) is 5.56 Å². The van der Waals surface area contributed by atoms with Gasteiger partial charge in [-0.2, -0.15) is 0 Å². The molecule has 1 aromatic carbocycles. The van der Waals surface area contributed by atoms with Crippen molar-refractivity contribution in [1.82, 2.24) is 0 Å². The molecular weight excluding hydrogens is 211 g/mol. The Morgan fingerprint density at radius 1 is 1.54 bits per heavy atom. The quantitative estimate of drug-likeness (QED) is 0.763. The minimum absolute atomic E-state index is 0.286. The van der Waals surface area contributed by atoms with Crippen molar-refractivity contribution in [2.45, 2.75) is 13.3 Å². The van der Waals surface area contributed by atoms with Gasteiger partial charge in [0.1, 0.15) is 11.9 Å². The highest BCUT2D eigenvalue weighted by molar-refractivity contribution is 6.34. The number of carbonyl (C=O) groups is 1. The summed E-state index contributed by atoms with van der Waals surface area (Å²) in [4.78, 5) is 11.0. The maximum absolute atomic E-state index is 11.0. The lowest BCUT2D eigenvalue weighted by atomic mass is 10.1. The van der Waals surface area contributed by atoms with Crippen LogP contribution in [-0.2, 0) is 10.7 Å². The second-order valence-electron chi connectivity index (χ2n) is 2.53. The van der Waals surface area contributed by atoms with Gasteiger partial charge in [0.05, 0.1) is 10.6 Å². The van der Waals surface area contributed by atoms with Gasteiger partial charge in [-0.05, 0) is 24.1 Å². The Hall–Kier alpha value is -0.730. The first-order valence-electron chi connectivity index (χ1n) is 3.80. The Balaban J connectivity index is 3.05. The topological polar surface area (TPSA) is 26.3 Å². The van der Waals surface area contributed by atoms with Crippen molar-refractivity contribution >= 4 is 29.4 Å². The normalized spacial score (nSPS) is 9.77. The van der Waals surface area contributed by atoms with Crippen molar-refractivity contribution in [3.8, 4) is 0 Å². The van der Waals surface area contributed by atoms with Gasteiger partial charge in [0.2, 0.25) is 0 Å². The number of hydrogen-bond acceptors (Lipinski definition) is 2. The maximum Gasteiger partial charge on any atom is 0.357 e. The highest BCUT2D eigenvalue weighted by Crippen LogP contribution is 2.19. The molecule has 0 saturated carbocycles.